The summed E-state index contributed by atoms with van der Waals surface area (Å²) in [6.45, 7) is 0. The minimum Gasteiger partial charge on any atom is -0.456 e. The summed E-state index contributed by atoms with van der Waals surface area (Å²) in [6, 6.07) is 61.1. The van der Waals surface area contributed by atoms with Crippen LogP contribution in [0.3, 0.4) is 0 Å². The van der Waals surface area contributed by atoms with Crippen LogP contribution >= 0.6 is 0 Å². The Morgan fingerprint density at radius 3 is 1.94 bits per heavy atom. The van der Waals surface area contributed by atoms with Crippen molar-refractivity contribution >= 4 is 17.1 Å². The highest BCUT2D eigenvalue weighted by molar-refractivity contribution is 5.91. The summed E-state index contributed by atoms with van der Waals surface area (Å²) in [5.74, 6) is 1.81. The van der Waals surface area contributed by atoms with Crippen molar-refractivity contribution in [3.63, 3.8) is 0 Å². The van der Waals surface area contributed by atoms with Crippen molar-refractivity contribution in [2.45, 2.75) is 11.6 Å². The number of nitrogens with one attached hydrogen (secondary N) is 1. The van der Waals surface area contributed by atoms with Crippen molar-refractivity contribution in [1.82, 2.24) is 0 Å². The number of hydrogen-bond donors (Lipinski definition) is 1. The lowest BCUT2D eigenvalue weighted by molar-refractivity contribution is 0.438. The largest absolute Gasteiger partial charge is 0.456 e. The predicted octanol–water partition coefficient (Wildman–Crippen LogP) is 11.1. The van der Waals surface area contributed by atoms with Crippen molar-refractivity contribution in [3.8, 4) is 33.8 Å². The predicted molar refractivity (Wildman–Crippen MR) is 191 cm³/mol. The summed E-state index contributed by atoms with van der Waals surface area (Å²) in [5, 5.41) is 3.77. The number of fused-ring (bicyclic) bond motifs is 10. The lowest BCUT2D eigenvalue weighted by Crippen LogP contribution is -2.32. The number of para-hydroxylation sites is 4. The zero-order chi connectivity index (χ0) is 31.0. The molecule has 1 spiro atoms. The Balaban J connectivity index is 1.19. The second-order valence-electron chi connectivity index (χ2n) is 12.5. The molecule has 1 N–H and O–H groups in total. The summed E-state index contributed by atoms with van der Waals surface area (Å²) >= 11 is 0. The van der Waals surface area contributed by atoms with E-state index < -0.39 is 5.41 Å². The minimum absolute atomic E-state index is 0.0218. The molecule has 0 aromatic heterocycles. The average Bonchev–Trinajstić information content (AvgIpc) is 3.67. The number of hydrogen-bond acceptors (Lipinski definition) is 3. The number of benzene rings is 7. The van der Waals surface area contributed by atoms with Gasteiger partial charge in [0.1, 0.15) is 17.7 Å². The smallest absolute Gasteiger partial charge is 0.140 e. The number of rotatable bonds is 3. The van der Waals surface area contributed by atoms with E-state index in [1.807, 2.05) is 0 Å². The third-order valence-electron chi connectivity index (χ3n) is 10.1. The highest BCUT2D eigenvalue weighted by Gasteiger charge is 2.51. The Bertz CT molecular complexity index is 2300. The maximum atomic E-state index is 6.97. The van der Waals surface area contributed by atoms with Crippen LogP contribution in [-0.4, -0.2) is 0 Å². The molecule has 2 heterocycles. The first-order chi connectivity index (χ1) is 23.3. The third-order valence-corrected chi connectivity index (χ3v) is 10.1. The third kappa shape index (κ3) is 3.62. The highest BCUT2D eigenvalue weighted by atomic mass is 16.5. The van der Waals surface area contributed by atoms with Gasteiger partial charge in [-0.3, -0.25) is 0 Å². The molecule has 7 aromatic rings. The molecule has 2 aliphatic heterocycles. The molecular weight excluding hydrogens is 572 g/mol. The SMILES string of the molecule is c1ccc(C2Nc3ccccc3N2c2cccc(-c3cccc4c3Oc3ccccc3C43c4ccccc4-c4ccccc43)c2)cc1. The van der Waals surface area contributed by atoms with Gasteiger partial charge in [0.25, 0.3) is 0 Å². The fourth-order valence-corrected chi connectivity index (χ4v) is 8.24. The van der Waals surface area contributed by atoms with E-state index in [0.29, 0.717) is 0 Å². The minimum atomic E-state index is -0.485. The molecule has 222 valence electrons. The molecule has 47 heavy (non-hydrogen) atoms. The van der Waals surface area contributed by atoms with Crippen LogP contribution in [0.5, 0.6) is 11.5 Å². The van der Waals surface area contributed by atoms with Crippen molar-refractivity contribution in [2.24, 2.45) is 0 Å². The molecular formula is C44H30N2O. The van der Waals surface area contributed by atoms with Crippen LogP contribution in [0.15, 0.2) is 170 Å². The van der Waals surface area contributed by atoms with Gasteiger partial charge in [0.15, 0.2) is 0 Å². The second kappa shape index (κ2) is 9.97. The van der Waals surface area contributed by atoms with Crippen molar-refractivity contribution in [2.75, 3.05) is 10.2 Å². The van der Waals surface area contributed by atoms with E-state index in [1.54, 1.807) is 0 Å². The molecule has 3 nitrogen and oxygen atoms in total. The lowest BCUT2D eigenvalue weighted by Gasteiger charge is -2.40. The van der Waals surface area contributed by atoms with Gasteiger partial charge in [-0.15, -0.1) is 0 Å². The Morgan fingerprint density at radius 1 is 0.511 bits per heavy atom. The van der Waals surface area contributed by atoms with Crippen LogP contribution in [-0.2, 0) is 5.41 Å². The number of nitrogens with zero attached hydrogens (tertiary/aromatic N) is 1. The van der Waals surface area contributed by atoms with Crippen LogP contribution in [0.2, 0.25) is 0 Å². The van der Waals surface area contributed by atoms with Crippen molar-refractivity contribution < 1.29 is 4.74 Å². The van der Waals surface area contributed by atoms with Crippen molar-refractivity contribution in [3.05, 3.63) is 198 Å². The topological polar surface area (TPSA) is 24.5 Å². The zero-order valence-corrected chi connectivity index (χ0v) is 25.6. The van der Waals surface area contributed by atoms with Crippen LogP contribution in [0, 0.1) is 0 Å². The molecule has 0 saturated heterocycles. The van der Waals surface area contributed by atoms with Gasteiger partial charge in [-0.25, -0.2) is 0 Å². The van der Waals surface area contributed by atoms with Gasteiger partial charge in [0.2, 0.25) is 0 Å². The van der Waals surface area contributed by atoms with Gasteiger partial charge in [0.05, 0.1) is 16.8 Å². The summed E-state index contributed by atoms with van der Waals surface area (Å²) in [6.07, 6.45) is -0.0218. The Kier molecular flexibility index (Phi) is 5.55. The standard InChI is InChI=1S/C44H30N2O/c1-2-14-29(15-3-1)43-45-39-25-9-10-26-40(39)46(43)31-17-12-16-30(28-31)32-20-13-24-38-42(32)47-41-27-11-8-23-37(41)44(38)35-21-6-4-18-33(35)34-19-5-7-22-36(34)44/h1-28,43,45H. The molecule has 0 amide bonds. The Labute approximate surface area is 274 Å². The summed E-state index contributed by atoms with van der Waals surface area (Å²) in [7, 11) is 0. The van der Waals surface area contributed by atoms with Gasteiger partial charge in [-0.1, -0.05) is 140 Å². The fraction of sp³-hybridized carbons (Fsp3) is 0.0455. The van der Waals surface area contributed by atoms with Gasteiger partial charge in [-0.05, 0) is 63.7 Å². The van der Waals surface area contributed by atoms with Crippen LogP contribution < -0.4 is 15.0 Å². The second-order valence-corrected chi connectivity index (χ2v) is 12.5. The zero-order valence-electron chi connectivity index (χ0n) is 25.6. The lowest BCUT2D eigenvalue weighted by atomic mass is 9.65. The van der Waals surface area contributed by atoms with Crippen molar-refractivity contribution in [1.29, 1.82) is 0 Å². The molecule has 3 heteroatoms. The maximum Gasteiger partial charge on any atom is 0.140 e. The van der Waals surface area contributed by atoms with E-state index in [9.17, 15) is 0 Å². The molecule has 0 fully saturated rings. The molecule has 3 aliphatic rings. The molecule has 1 aliphatic carbocycles. The molecule has 7 aromatic carbocycles. The Hall–Kier alpha value is -6.06. The van der Waals surface area contributed by atoms with E-state index >= 15 is 0 Å². The van der Waals surface area contributed by atoms with Crippen LogP contribution in [0.25, 0.3) is 22.3 Å². The van der Waals surface area contributed by atoms with Gasteiger partial charge >= 0.3 is 0 Å². The molecule has 0 bridgehead atoms. The quantitative estimate of drug-likeness (QED) is 0.218. The van der Waals surface area contributed by atoms with E-state index in [4.69, 9.17) is 4.74 Å². The summed E-state index contributed by atoms with van der Waals surface area (Å²) in [5.41, 5.74) is 13.9. The van der Waals surface area contributed by atoms with E-state index in [2.05, 4.69) is 180 Å². The molecule has 1 atom stereocenters. The average molecular weight is 603 g/mol. The van der Waals surface area contributed by atoms with Crippen LogP contribution in [0.4, 0.5) is 17.1 Å². The molecule has 0 saturated carbocycles. The monoisotopic (exact) mass is 602 g/mol. The highest BCUT2D eigenvalue weighted by Crippen LogP contribution is 2.63. The molecule has 0 radical (unpaired) electrons. The Morgan fingerprint density at radius 2 is 1.13 bits per heavy atom. The van der Waals surface area contributed by atoms with E-state index in [1.165, 1.54) is 38.9 Å². The van der Waals surface area contributed by atoms with Gasteiger partial charge < -0.3 is 15.0 Å². The first kappa shape index (κ1) is 26.2. The molecule has 10 rings (SSSR count). The fourth-order valence-electron chi connectivity index (χ4n) is 8.24. The van der Waals surface area contributed by atoms with Crippen LogP contribution in [0.1, 0.15) is 34.0 Å². The van der Waals surface area contributed by atoms with Gasteiger partial charge in [0, 0.05) is 22.4 Å². The first-order valence-corrected chi connectivity index (χ1v) is 16.2. The number of anilines is 3. The summed E-state index contributed by atoms with van der Waals surface area (Å²) < 4.78 is 6.97. The van der Waals surface area contributed by atoms with Gasteiger partial charge in [-0.2, -0.15) is 0 Å². The summed E-state index contributed by atoms with van der Waals surface area (Å²) in [4.78, 5) is 2.41. The van der Waals surface area contributed by atoms with E-state index in [0.717, 1.165) is 39.7 Å². The number of ether oxygens (including phenoxy) is 1. The molecule has 1 unspecified atom stereocenters. The maximum absolute atomic E-state index is 6.97. The van der Waals surface area contributed by atoms with E-state index in [-0.39, 0.29) is 6.17 Å². The normalized spacial score (nSPS) is 15.9. The first-order valence-electron chi connectivity index (χ1n) is 16.2.